The molecule has 4 rings (SSSR count). The summed E-state index contributed by atoms with van der Waals surface area (Å²) in [5.41, 5.74) is 1.76. The number of para-hydroxylation sites is 1. The summed E-state index contributed by atoms with van der Waals surface area (Å²) in [6, 6.07) is 9.07. The number of amides is 1. The highest BCUT2D eigenvalue weighted by Crippen LogP contribution is 2.32. The van der Waals surface area contributed by atoms with Crippen LogP contribution in [0.4, 0.5) is 4.79 Å². The van der Waals surface area contributed by atoms with E-state index in [1.54, 1.807) is 11.0 Å². The molecule has 142 valence electrons. The lowest BCUT2D eigenvalue weighted by atomic mass is 10.2. The first-order chi connectivity index (χ1) is 13.1. The highest BCUT2D eigenvalue weighted by atomic mass is 16.5. The van der Waals surface area contributed by atoms with Crippen LogP contribution in [0.2, 0.25) is 0 Å². The predicted octanol–water partition coefficient (Wildman–Crippen LogP) is 3.50. The number of fused-ring (bicyclic) bond motifs is 3. The SMILES string of the molecule is CC(C)COC(=O)n1c2ccccc2c2oc(C(=O)N3CCOCC3)cc21. The number of ether oxygens (including phenoxy) is 2. The van der Waals surface area contributed by atoms with Crippen LogP contribution in [0.15, 0.2) is 34.7 Å². The Morgan fingerprint density at radius 1 is 1.15 bits per heavy atom. The molecule has 0 atom stereocenters. The third kappa shape index (κ3) is 3.19. The van der Waals surface area contributed by atoms with E-state index in [9.17, 15) is 9.59 Å². The van der Waals surface area contributed by atoms with E-state index in [-0.39, 0.29) is 17.6 Å². The van der Waals surface area contributed by atoms with Crippen LogP contribution in [0.3, 0.4) is 0 Å². The summed E-state index contributed by atoms with van der Waals surface area (Å²) in [6.07, 6.45) is -0.471. The molecule has 0 saturated carbocycles. The van der Waals surface area contributed by atoms with Crippen LogP contribution < -0.4 is 0 Å². The van der Waals surface area contributed by atoms with Gasteiger partial charge in [0, 0.05) is 24.5 Å². The van der Waals surface area contributed by atoms with Crippen molar-refractivity contribution in [1.82, 2.24) is 9.47 Å². The fourth-order valence-corrected chi connectivity index (χ4v) is 3.26. The number of carbonyl (C=O) groups excluding carboxylic acids is 2. The quantitative estimate of drug-likeness (QED) is 0.705. The van der Waals surface area contributed by atoms with E-state index in [2.05, 4.69) is 0 Å². The summed E-state index contributed by atoms with van der Waals surface area (Å²) in [6.45, 7) is 6.37. The van der Waals surface area contributed by atoms with E-state index < -0.39 is 6.09 Å². The lowest BCUT2D eigenvalue weighted by Gasteiger charge is -2.25. The van der Waals surface area contributed by atoms with E-state index in [1.807, 2.05) is 38.1 Å². The molecule has 1 aliphatic rings. The van der Waals surface area contributed by atoms with Gasteiger partial charge in [-0.25, -0.2) is 9.36 Å². The van der Waals surface area contributed by atoms with Crippen molar-refractivity contribution in [3.8, 4) is 0 Å². The average molecular weight is 370 g/mol. The first kappa shape index (κ1) is 17.6. The molecule has 1 aromatic carbocycles. The predicted molar refractivity (Wildman–Crippen MR) is 100 cm³/mol. The summed E-state index contributed by atoms with van der Waals surface area (Å²) >= 11 is 0. The zero-order valence-electron chi connectivity index (χ0n) is 15.4. The zero-order valence-corrected chi connectivity index (χ0v) is 15.4. The number of carbonyl (C=O) groups is 2. The van der Waals surface area contributed by atoms with Crippen molar-refractivity contribution in [1.29, 1.82) is 0 Å². The summed E-state index contributed by atoms with van der Waals surface area (Å²) in [7, 11) is 0. The third-order valence-corrected chi connectivity index (χ3v) is 4.57. The highest BCUT2D eigenvalue weighted by Gasteiger charge is 2.26. The molecular formula is C20H22N2O5. The summed E-state index contributed by atoms with van der Waals surface area (Å²) < 4.78 is 18.1. The molecule has 0 aliphatic carbocycles. The Morgan fingerprint density at radius 3 is 2.63 bits per heavy atom. The molecule has 0 bridgehead atoms. The monoisotopic (exact) mass is 370 g/mol. The lowest BCUT2D eigenvalue weighted by molar-refractivity contribution is 0.0284. The van der Waals surface area contributed by atoms with Crippen LogP contribution in [0, 0.1) is 5.92 Å². The number of aromatic nitrogens is 1. The second-order valence-electron chi connectivity index (χ2n) is 7.05. The fourth-order valence-electron chi connectivity index (χ4n) is 3.26. The minimum atomic E-state index is -0.471. The summed E-state index contributed by atoms with van der Waals surface area (Å²) in [5, 5.41) is 0.773. The number of hydrogen-bond acceptors (Lipinski definition) is 5. The topological polar surface area (TPSA) is 73.9 Å². The van der Waals surface area contributed by atoms with E-state index in [4.69, 9.17) is 13.9 Å². The number of nitrogens with zero attached hydrogens (tertiary/aromatic N) is 2. The number of morpholine rings is 1. The Hall–Kier alpha value is -2.80. The number of rotatable bonds is 3. The molecule has 1 saturated heterocycles. The van der Waals surface area contributed by atoms with Crippen LogP contribution in [0.25, 0.3) is 22.0 Å². The first-order valence-corrected chi connectivity index (χ1v) is 9.13. The molecule has 0 spiro atoms. The summed E-state index contributed by atoms with van der Waals surface area (Å²) in [5.74, 6) is 0.257. The fraction of sp³-hybridized carbons (Fsp3) is 0.400. The molecule has 2 aromatic heterocycles. The van der Waals surface area contributed by atoms with E-state index in [0.29, 0.717) is 49.5 Å². The maximum atomic E-state index is 12.8. The minimum Gasteiger partial charge on any atom is -0.449 e. The van der Waals surface area contributed by atoms with Gasteiger partial charge >= 0.3 is 6.09 Å². The van der Waals surface area contributed by atoms with Gasteiger partial charge in [0.25, 0.3) is 5.91 Å². The van der Waals surface area contributed by atoms with Crippen molar-refractivity contribution in [3.63, 3.8) is 0 Å². The molecule has 7 nitrogen and oxygen atoms in total. The second kappa shape index (κ2) is 7.08. The smallest absolute Gasteiger partial charge is 0.419 e. The summed E-state index contributed by atoms with van der Waals surface area (Å²) in [4.78, 5) is 27.2. The van der Waals surface area contributed by atoms with Gasteiger partial charge in [0.15, 0.2) is 11.3 Å². The Bertz CT molecular complexity index is 995. The van der Waals surface area contributed by atoms with E-state index >= 15 is 0 Å². The number of hydrogen-bond donors (Lipinski definition) is 0. The van der Waals surface area contributed by atoms with Crippen molar-refractivity contribution in [3.05, 3.63) is 36.1 Å². The van der Waals surface area contributed by atoms with E-state index in [1.165, 1.54) is 4.57 Å². The largest absolute Gasteiger partial charge is 0.449 e. The van der Waals surface area contributed by atoms with Crippen molar-refractivity contribution in [2.75, 3.05) is 32.9 Å². The minimum absolute atomic E-state index is 0.194. The molecule has 7 heteroatoms. The second-order valence-corrected chi connectivity index (χ2v) is 7.05. The van der Waals surface area contributed by atoms with Gasteiger partial charge in [0.1, 0.15) is 0 Å². The number of furan rings is 1. The molecular weight excluding hydrogens is 348 g/mol. The van der Waals surface area contributed by atoms with Crippen LogP contribution in [-0.2, 0) is 9.47 Å². The normalized spacial score (nSPS) is 15.0. The van der Waals surface area contributed by atoms with Crippen LogP contribution in [0.1, 0.15) is 24.4 Å². The molecule has 0 N–H and O–H groups in total. The molecule has 1 fully saturated rings. The highest BCUT2D eigenvalue weighted by molar-refractivity contribution is 6.11. The van der Waals surface area contributed by atoms with Crippen molar-refractivity contribution < 1.29 is 23.5 Å². The van der Waals surface area contributed by atoms with Gasteiger partial charge in [0.05, 0.1) is 30.9 Å². The zero-order chi connectivity index (χ0) is 19.0. The lowest BCUT2D eigenvalue weighted by Crippen LogP contribution is -2.40. The third-order valence-electron chi connectivity index (χ3n) is 4.57. The van der Waals surface area contributed by atoms with Crippen molar-refractivity contribution in [2.24, 2.45) is 5.92 Å². The maximum Gasteiger partial charge on any atom is 0.419 e. The molecule has 1 aliphatic heterocycles. The van der Waals surface area contributed by atoms with Crippen LogP contribution in [-0.4, -0.2) is 54.4 Å². The van der Waals surface area contributed by atoms with Gasteiger partial charge in [-0.2, -0.15) is 0 Å². The molecule has 3 heterocycles. The Labute approximate surface area is 156 Å². The van der Waals surface area contributed by atoms with Crippen LogP contribution >= 0.6 is 0 Å². The van der Waals surface area contributed by atoms with Crippen LogP contribution in [0.5, 0.6) is 0 Å². The first-order valence-electron chi connectivity index (χ1n) is 9.13. The molecule has 1 amide bonds. The van der Waals surface area contributed by atoms with Gasteiger partial charge in [-0.1, -0.05) is 26.0 Å². The molecule has 3 aromatic rings. The maximum absolute atomic E-state index is 12.8. The van der Waals surface area contributed by atoms with Crippen molar-refractivity contribution in [2.45, 2.75) is 13.8 Å². The average Bonchev–Trinajstić information content (AvgIpc) is 3.23. The van der Waals surface area contributed by atoms with E-state index in [0.717, 1.165) is 5.39 Å². The van der Waals surface area contributed by atoms with Gasteiger partial charge in [-0.3, -0.25) is 4.79 Å². The molecule has 0 radical (unpaired) electrons. The van der Waals surface area contributed by atoms with Gasteiger partial charge in [-0.15, -0.1) is 0 Å². The van der Waals surface area contributed by atoms with Gasteiger partial charge in [-0.05, 0) is 18.1 Å². The Morgan fingerprint density at radius 2 is 1.89 bits per heavy atom. The number of benzene rings is 1. The standard InChI is InChI=1S/C20H22N2O5/c1-13(2)12-26-20(24)22-15-6-4-3-5-14(15)18-16(22)11-17(27-18)19(23)21-7-9-25-10-8-21/h3-6,11,13H,7-10,12H2,1-2H3. The van der Waals surface area contributed by atoms with Gasteiger partial charge < -0.3 is 18.8 Å². The molecule has 27 heavy (non-hydrogen) atoms. The van der Waals surface area contributed by atoms with Gasteiger partial charge in [0.2, 0.25) is 0 Å². The Kier molecular flexibility index (Phi) is 4.61. The molecule has 0 unspecified atom stereocenters. The Balaban J connectivity index is 1.77. The van der Waals surface area contributed by atoms with Crippen molar-refractivity contribution >= 4 is 34.0 Å².